The fourth-order valence-corrected chi connectivity index (χ4v) is 3.67. The summed E-state index contributed by atoms with van der Waals surface area (Å²) < 4.78 is 3.20. The van der Waals surface area contributed by atoms with Gasteiger partial charge in [0, 0.05) is 18.1 Å². The lowest BCUT2D eigenvalue weighted by Crippen LogP contribution is -1.97. The first kappa shape index (κ1) is 11.9. The van der Waals surface area contributed by atoms with Crippen molar-refractivity contribution in [3.63, 3.8) is 0 Å². The summed E-state index contributed by atoms with van der Waals surface area (Å²) in [7, 11) is 2.04. The number of thiophene rings is 1. The van der Waals surface area contributed by atoms with Gasteiger partial charge in [0.1, 0.15) is 0 Å². The van der Waals surface area contributed by atoms with E-state index in [4.69, 9.17) is 10.7 Å². The van der Waals surface area contributed by atoms with Crippen LogP contribution in [-0.2, 0) is 13.6 Å². The van der Waals surface area contributed by atoms with Gasteiger partial charge >= 0.3 is 0 Å². The molecule has 3 nitrogen and oxygen atoms in total. The lowest BCUT2D eigenvalue weighted by molar-refractivity contribution is 0.962. The minimum atomic E-state index is 0.513. The average Bonchev–Trinajstić information content (AvgIpc) is 2.93. The molecule has 0 aliphatic carbocycles. The molecule has 0 bridgehead atoms. The van der Waals surface area contributed by atoms with Crippen molar-refractivity contribution in [2.45, 2.75) is 6.54 Å². The molecule has 0 spiro atoms. The van der Waals surface area contributed by atoms with Crippen molar-refractivity contribution in [1.29, 1.82) is 0 Å². The minimum absolute atomic E-state index is 0.513. The predicted octanol–water partition coefficient (Wildman–Crippen LogP) is 3.52. The Bertz CT molecular complexity index is 714. The van der Waals surface area contributed by atoms with Crippen molar-refractivity contribution in [1.82, 2.24) is 9.55 Å². The summed E-state index contributed by atoms with van der Waals surface area (Å²) in [6, 6.07) is 8.18. The average molecular weight is 322 g/mol. The van der Waals surface area contributed by atoms with Crippen molar-refractivity contribution in [3.8, 4) is 10.7 Å². The Labute approximate surface area is 117 Å². The third-order valence-electron chi connectivity index (χ3n) is 3.04. The maximum absolute atomic E-state index is 5.77. The van der Waals surface area contributed by atoms with Gasteiger partial charge in [-0.3, -0.25) is 0 Å². The van der Waals surface area contributed by atoms with Crippen molar-refractivity contribution < 1.29 is 0 Å². The summed E-state index contributed by atoms with van der Waals surface area (Å²) >= 11 is 5.25. The number of benzene rings is 1. The fourth-order valence-electron chi connectivity index (χ4n) is 2.09. The van der Waals surface area contributed by atoms with Gasteiger partial charge in [-0.25, -0.2) is 4.98 Å². The molecule has 0 unspecified atom stereocenters. The van der Waals surface area contributed by atoms with Crippen LogP contribution in [0.1, 0.15) is 5.56 Å². The van der Waals surface area contributed by atoms with Gasteiger partial charge in [0.15, 0.2) is 5.82 Å². The molecule has 2 aromatic heterocycles. The smallest absolute Gasteiger partial charge is 0.152 e. The Kier molecular flexibility index (Phi) is 2.97. The highest BCUT2D eigenvalue weighted by Crippen LogP contribution is 2.34. The fraction of sp³-hybridized carbons (Fsp3) is 0.154. The van der Waals surface area contributed by atoms with Crippen LogP contribution in [0.25, 0.3) is 21.7 Å². The number of imidazole rings is 1. The lowest BCUT2D eigenvalue weighted by Gasteiger charge is -2.00. The number of hydrogen-bond donors (Lipinski definition) is 1. The highest BCUT2D eigenvalue weighted by Gasteiger charge is 2.14. The summed E-state index contributed by atoms with van der Waals surface area (Å²) in [5.74, 6) is 0.979. The first-order chi connectivity index (χ1) is 8.72. The number of hydrogen-bond acceptors (Lipinski definition) is 3. The topological polar surface area (TPSA) is 43.8 Å². The number of aromatic nitrogens is 2. The molecule has 0 atom stereocenters. The molecule has 0 saturated carbocycles. The number of halogens is 1. The molecular formula is C13H12BrN3S. The van der Waals surface area contributed by atoms with E-state index in [9.17, 15) is 0 Å². The van der Waals surface area contributed by atoms with Gasteiger partial charge in [-0.1, -0.05) is 12.1 Å². The Morgan fingerprint density at radius 1 is 1.39 bits per heavy atom. The second-order valence-electron chi connectivity index (χ2n) is 4.08. The van der Waals surface area contributed by atoms with Crippen molar-refractivity contribution in [3.05, 3.63) is 39.7 Å². The molecule has 1 aromatic carbocycles. The van der Waals surface area contributed by atoms with Gasteiger partial charge in [-0.2, -0.15) is 0 Å². The van der Waals surface area contributed by atoms with Gasteiger partial charge in [-0.15, -0.1) is 11.3 Å². The highest BCUT2D eigenvalue weighted by atomic mass is 79.9. The van der Waals surface area contributed by atoms with Gasteiger partial charge in [0.2, 0.25) is 0 Å². The summed E-state index contributed by atoms with van der Waals surface area (Å²) in [4.78, 5) is 5.90. The van der Waals surface area contributed by atoms with E-state index < -0.39 is 0 Å². The number of fused-ring (bicyclic) bond motifs is 1. The van der Waals surface area contributed by atoms with Crippen LogP contribution in [0.4, 0.5) is 0 Å². The van der Waals surface area contributed by atoms with E-state index >= 15 is 0 Å². The summed E-state index contributed by atoms with van der Waals surface area (Å²) in [5.41, 5.74) is 8.97. The molecule has 0 aliphatic rings. The monoisotopic (exact) mass is 321 g/mol. The Balaban J connectivity index is 2.32. The molecule has 0 aliphatic heterocycles. The number of aryl methyl sites for hydroxylation is 1. The molecule has 0 saturated heterocycles. The van der Waals surface area contributed by atoms with Crippen LogP contribution >= 0.6 is 27.3 Å². The largest absolute Gasteiger partial charge is 0.326 e. The zero-order chi connectivity index (χ0) is 12.7. The molecule has 3 rings (SSSR count). The number of nitrogens with two attached hydrogens (primary N) is 1. The van der Waals surface area contributed by atoms with Crippen LogP contribution in [0, 0.1) is 0 Å². The van der Waals surface area contributed by atoms with E-state index in [1.807, 2.05) is 25.2 Å². The molecule has 92 valence electrons. The standard InChI is InChI=1S/C13H12BrN3S/c1-17-10-4-2-3-8(7-15)11(10)16-13(17)12-9(14)5-6-18-12/h2-6H,7,15H2,1H3. The third-order valence-corrected chi connectivity index (χ3v) is 4.87. The molecule has 0 amide bonds. The Hall–Kier alpha value is -1.17. The number of nitrogens with zero attached hydrogens (tertiary/aromatic N) is 2. The summed E-state index contributed by atoms with van der Waals surface area (Å²) in [6.07, 6.45) is 0. The molecule has 2 heterocycles. The zero-order valence-corrected chi connectivity index (χ0v) is 12.3. The van der Waals surface area contributed by atoms with Gasteiger partial charge in [-0.05, 0) is 39.0 Å². The van der Waals surface area contributed by atoms with Crippen molar-refractivity contribution in [2.24, 2.45) is 12.8 Å². The maximum atomic E-state index is 5.77. The van der Waals surface area contributed by atoms with E-state index in [2.05, 4.69) is 31.9 Å². The van der Waals surface area contributed by atoms with E-state index in [1.54, 1.807) is 11.3 Å². The quantitative estimate of drug-likeness (QED) is 0.784. The Morgan fingerprint density at radius 2 is 2.22 bits per heavy atom. The molecule has 3 aromatic rings. The highest BCUT2D eigenvalue weighted by molar-refractivity contribution is 9.10. The summed E-state index contributed by atoms with van der Waals surface area (Å²) in [6.45, 7) is 0.513. The molecule has 5 heteroatoms. The molecule has 0 radical (unpaired) electrons. The van der Waals surface area contributed by atoms with Crippen LogP contribution in [0.2, 0.25) is 0 Å². The Morgan fingerprint density at radius 3 is 2.89 bits per heavy atom. The van der Waals surface area contributed by atoms with Crippen LogP contribution in [0.15, 0.2) is 34.1 Å². The van der Waals surface area contributed by atoms with Crippen LogP contribution in [0.5, 0.6) is 0 Å². The molecule has 0 fully saturated rings. The maximum Gasteiger partial charge on any atom is 0.152 e. The van der Waals surface area contributed by atoms with E-state index in [0.717, 1.165) is 31.8 Å². The van der Waals surface area contributed by atoms with Crippen LogP contribution in [-0.4, -0.2) is 9.55 Å². The van der Waals surface area contributed by atoms with Crippen molar-refractivity contribution >= 4 is 38.3 Å². The SMILES string of the molecule is Cn1c(-c2sccc2Br)nc2c(CN)cccc21. The second kappa shape index (κ2) is 4.50. The van der Waals surface area contributed by atoms with E-state index in [1.165, 1.54) is 0 Å². The number of rotatable bonds is 2. The van der Waals surface area contributed by atoms with Gasteiger partial charge in [0.05, 0.1) is 15.9 Å². The molecule has 18 heavy (non-hydrogen) atoms. The second-order valence-corrected chi connectivity index (χ2v) is 5.85. The first-order valence-corrected chi connectivity index (χ1v) is 7.27. The summed E-state index contributed by atoms with van der Waals surface area (Å²) in [5, 5.41) is 2.06. The minimum Gasteiger partial charge on any atom is -0.326 e. The molecule has 2 N–H and O–H groups in total. The lowest BCUT2D eigenvalue weighted by atomic mass is 10.2. The predicted molar refractivity (Wildman–Crippen MR) is 79.6 cm³/mol. The normalized spacial score (nSPS) is 11.3. The molecular weight excluding hydrogens is 310 g/mol. The van der Waals surface area contributed by atoms with Crippen LogP contribution < -0.4 is 5.73 Å². The van der Waals surface area contributed by atoms with E-state index in [-0.39, 0.29) is 0 Å². The number of para-hydroxylation sites is 1. The third kappa shape index (κ3) is 1.70. The van der Waals surface area contributed by atoms with Gasteiger partial charge < -0.3 is 10.3 Å². The van der Waals surface area contributed by atoms with Crippen molar-refractivity contribution in [2.75, 3.05) is 0 Å². The van der Waals surface area contributed by atoms with Gasteiger partial charge in [0.25, 0.3) is 0 Å². The zero-order valence-electron chi connectivity index (χ0n) is 9.85. The van der Waals surface area contributed by atoms with E-state index in [0.29, 0.717) is 6.54 Å². The first-order valence-electron chi connectivity index (χ1n) is 5.60. The van der Waals surface area contributed by atoms with Crippen LogP contribution in [0.3, 0.4) is 0 Å².